The van der Waals surface area contributed by atoms with E-state index in [0.29, 0.717) is 40.0 Å². The van der Waals surface area contributed by atoms with Crippen LogP contribution in [0.2, 0.25) is 0 Å². The molecule has 4 aromatic rings. The van der Waals surface area contributed by atoms with Crippen molar-refractivity contribution in [3.8, 4) is 11.3 Å². The standard InChI is InChI=1S/C18H16FN5O2S/c1-3-13(17-20-10(2)23-26-17)21-16(25)15-9-27-18-22-14(8-24(15)18)11-5-4-6-12(19)7-11/h4-9,13H,3H2,1-2H3,(H,21,25). The molecule has 3 heterocycles. The van der Waals surface area contributed by atoms with E-state index in [0.717, 1.165) is 0 Å². The average Bonchev–Trinajstić information content (AvgIpc) is 3.34. The Hall–Kier alpha value is -3.07. The Balaban J connectivity index is 1.62. The van der Waals surface area contributed by atoms with Crippen LogP contribution >= 0.6 is 11.3 Å². The highest BCUT2D eigenvalue weighted by Crippen LogP contribution is 2.25. The second-order valence-corrected chi connectivity index (χ2v) is 6.86. The molecule has 1 aromatic carbocycles. The monoisotopic (exact) mass is 385 g/mol. The molecule has 27 heavy (non-hydrogen) atoms. The van der Waals surface area contributed by atoms with Gasteiger partial charge in [0.15, 0.2) is 10.8 Å². The minimum Gasteiger partial charge on any atom is -0.339 e. The molecule has 9 heteroatoms. The largest absolute Gasteiger partial charge is 0.339 e. The normalized spacial score (nSPS) is 12.4. The Kier molecular flexibility index (Phi) is 4.44. The highest BCUT2D eigenvalue weighted by atomic mass is 32.1. The number of aryl methyl sites for hydroxylation is 1. The number of hydrogen-bond acceptors (Lipinski definition) is 6. The Labute approximate surface area is 157 Å². The Morgan fingerprint density at radius 2 is 2.26 bits per heavy atom. The van der Waals surface area contributed by atoms with Gasteiger partial charge >= 0.3 is 0 Å². The van der Waals surface area contributed by atoms with Crippen LogP contribution in [-0.4, -0.2) is 25.4 Å². The van der Waals surface area contributed by atoms with E-state index >= 15 is 0 Å². The predicted molar refractivity (Wildman–Crippen MR) is 98.0 cm³/mol. The number of nitrogens with zero attached hydrogens (tertiary/aromatic N) is 4. The third-order valence-electron chi connectivity index (χ3n) is 4.12. The van der Waals surface area contributed by atoms with Crippen LogP contribution in [0.25, 0.3) is 16.2 Å². The molecule has 1 atom stereocenters. The van der Waals surface area contributed by atoms with Crippen LogP contribution in [0.5, 0.6) is 0 Å². The van der Waals surface area contributed by atoms with Gasteiger partial charge in [0.1, 0.15) is 17.6 Å². The smallest absolute Gasteiger partial charge is 0.269 e. The molecule has 0 spiro atoms. The maximum Gasteiger partial charge on any atom is 0.269 e. The third-order valence-corrected chi connectivity index (χ3v) is 4.96. The number of fused-ring (bicyclic) bond motifs is 1. The summed E-state index contributed by atoms with van der Waals surface area (Å²) in [5.74, 6) is 0.292. The SMILES string of the molecule is CCC(NC(=O)c1csc2nc(-c3cccc(F)c3)cn12)c1nc(C)no1. The van der Waals surface area contributed by atoms with E-state index in [2.05, 4.69) is 20.4 Å². The summed E-state index contributed by atoms with van der Waals surface area (Å²) in [5.41, 5.74) is 1.71. The highest BCUT2D eigenvalue weighted by molar-refractivity contribution is 7.15. The highest BCUT2D eigenvalue weighted by Gasteiger charge is 2.22. The van der Waals surface area contributed by atoms with Gasteiger partial charge in [-0.05, 0) is 25.5 Å². The maximum absolute atomic E-state index is 13.5. The molecule has 0 aliphatic heterocycles. The van der Waals surface area contributed by atoms with Crippen LogP contribution in [-0.2, 0) is 0 Å². The van der Waals surface area contributed by atoms with Crippen LogP contribution in [0.4, 0.5) is 4.39 Å². The zero-order valence-corrected chi connectivity index (χ0v) is 15.5. The fourth-order valence-corrected chi connectivity index (χ4v) is 3.61. The van der Waals surface area contributed by atoms with Crippen LogP contribution in [0, 0.1) is 12.7 Å². The van der Waals surface area contributed by atoms with Gasteiger partial charge in [-0.15, -0.1) is 11.3 Å². The molecule has 1 N–H and O–H groups in total. The molecular weight excluding hydrogens is 369 g/mol. The Bertz CT molecular complexity index is 1120. The van der Waals surface area contributed by atoms with E-state index in [4.69, 9.17) is 4.52 Å². The molecular formula is C18H16FN5O2S. The first-order valence-electron chi connectivity index (χ1n) is 8.38. The van der Waals surface area contributed by atoms with Crippen molar-refractivity contribution in [2.45, 2.75) is 26.3 Å². The maximum atomic E-state index is 13.5. The van der Waals surface area contributed by atoms with Crippen molar-refractivity contribution in [3.05, 3.63) is 59.1 Å². The lowest BCUT2D eigenvalue weighted by molar-refractivity contribution is 0.0921. The summed E-state index contributed by atoms with van der Waals surface area (Å²) in [4.78, 5) is 22.1. The van der Waals surface area contributed by atoms with Gasteiger partial charge in [0.05, 0.1) is 5.69 Å². The second kappa shape index (κ2) is 6.92. The van der Waals surface area contributed by atoms with Crippen molar-refractivity contribution < 1.29 is 13.7 Å². The van der Waals surface area contributed by atoms with E-state index in [-0.39, 0.29) is 17.8 Å². The fraction of sp³-hybridized carbons (Fsp3) is 0.222. The van der Waals surface area contributed by atoms with Crippen molar-refractivity contribution in [2.75, 3.05) is 0 Å². The summed E-state index contributed by atoms with van der Waals surface area (Å²) in [5, 5.41) is 8.42. The Morgan fingerprint density at radius 3 is 2.96 bits per heavy atom. The van der Waals surface area contributed by atoms with Gasteiger partial charge in [0.25, 0.3) is 5.91 Å². The van der Waals surface area contributed by atoms with Crippen molar-refractivity contribution in [2.24, 2.45) is 0 Å². The van der Waals surface area contributed by atoms with E-state index in [1.165, 1.54) is 23.5 Å². The lowest BCUT2D eigenvalue weighted by Crippen LogP contribution is -2.29. The average molecular weight is 385 g/mol. The van der Waals surface area contributed by atoms with Crippen molar-refractivity contribution >= 4 is 22.2 Å². The molecule has 4 rings (SSSR count). The molecule has 1 unspecified atom stereocenters. The minimum atomic E-state index is -0.375. The van der Waals surface area contributed by atoms with E-state index < -0.39 is 0 Å². The van der Waals surface area contributed by atoms with Crippen LogP contribution in [0.3, 0.4) is 0 Å². The number of halogens is 1. The number of hydrogen-bond donors (Lipinski definition) is 1. The molecule has 3 aromatic heterocycles. The lowest BCUT2D eigenvalue weighted by Gasteiger charge is -2.12. The number of carbonyl (C=O) groups is 1. The van der Waals surface area contributed by atoms with Crippen molar-refractivity contribution in [1.82, 2.24) is 24.8 Å². The molecule has 0 aliphatic rings. The number of aromatic nitrogens is 4. The molecule has 0 aliphatic carbocycles. The van der Waals surface area contributed by atoms with E-state index in [1.807, 2.05) is 6.92 Å². The fourth-order valence-electron chi connectivity index (χ4n) is 2.76. The molecule has 7 nitrogen and oxygen atoms in total. The van der Waals surface area contributed by atoms with Crippen molar-refractivity contribution in [1.29, 1.82) is 0 Å². The van der Waals surface area contributed by atoms with Gasteiger partial charge in [-0.3, -0.25) is 9.20 Å². The summed E-state index contributed by atoms with van der Waals surface area (Å²) in [6, 6.07) is 5.83. The van der Waals surface area contributed by atoms with Gasteiger partial charge in [-0.1, -0.05) is 24.2 Å². The van der Waals surface area contributed by atoms with Gasteiger partial charge in [-0.2, -0.15) is 4.98 Å². The lowest BCUT2D eigenvalue weighted by atomic mass is 10.2. The number of carbonyl (C=O) groups excluding carboxylic acids is 1. The number of thiazole rings is 1. The first-order valence-corrected chi connectivity index (χ1v) is 9.26. The predicted octanol–water partition coefficient (Wildman–Crippen LogP) is 3.77. The first-order chi connectivity index (χ1) is 13.0. The first kappa shape index (κ1) is 17.3. The van der Waals surface area contributed by atoms with Crippen LogP contribution < -0.4 is 5.32 Å². The number of imidazole rings is 1. The summed E-state index contributed by atoms with van der Waals surface area (Å²) in [6.45, 7) is 3.65. The molecule has 0 saturated heterocycles. The summed E-state index contributed by atoms with van der Waals surface area (Å²) >= 11 is 1.34. The molecule has 0 radical (unpaired) electrons. The van der Waals surface area contributed by atoms with Gasteiger partial charge in [-0.25, -0.2) is 9.37 Å². The topological polar surface area (TPSA) is 85.3 Å². The van der Waals surface area contributed by atoms with Crippen LogP contribution in [0.15, 0.2) is 40.4 Å². The number of rotatable bonds is 5. The molecule has 0 saturated carbocycles. The molecule has 0 fully saturated rings. The number of amides is 1. The van der Waals surface area contributed by atoms with Gasteiger partial charge in [0, 0.05) is 17.1 Å². The van der Waals surface area contributed by atoms with E-state index in [1.54, 1.807) is 35.0 Å². The summed E-state index contributed by atoms with van der Waals surface area (Å²) in [6.07, 6.45) is 2.34. The zero-order valence-electron chi connectivity index (χ0n) is 14.6. The number of nitrogens with one attached hydrogen (secondary N) is 1. The van der Waals surface area contributed by atoms with Gasteiger partial charge < -0.3 is 9.84 Å². The third kappa shape index (κ3) is 3.33. The molecule has 0 bridgehead atoms. The second-order valence-electron chi connectivity index (χ2n) is 6.02. The number of benzene rings is 1. The molecule has 1 amide bonds. The molecule has 138 valence electrons. The Morgan fingerprint density at radius 1 is 1.41 bits per heavy atom. The van der Waals surface area contributed by atoms with Crippen molar-refractivity contribution in [3.63, 3.8) is 0 Å². The summed E-state index contributed by atoms with van der Waals surface area (Å²) < 4.78 is 20.3. The zero-order chi connectivity index (χ0) is 19.0. The quantitative estimate of drug-likeness (QED) is 0.565. The van der Waals surface area contributed by atoms with Crippen LogP contribution in [0.1, 0.15) is 41.6 Å². The minimum absolute atomic E-state index is 0.271. The van der Waals surface area contributed by atoms with E-state index in [9.17, 15) is 9.18 Å². The summed E-state index contributed by atoms with van der Waals surface area (Å²) in [7, 11) is 0. The van der Waals surface area contributed by atoms with Gasteiger partial charge in [0.2, 0.25) is 5.89 Å².